The van der Waals surface area contributed by atoms with Crippen molar-refractivity contribution in [3.8, 4) is 47.7 Å². The number of ether oxygens (including phenoxy) is 1. The third kappa shape index (κ3) is 4.73. The third-order valence-electron chi connectivity index (χ3n) is 8.89. The first-order chi connectivity index (χ1) is 21.2. The molecule has 0 amide bonds. The first-order valence-corrected chi connectivity index (χ1v) is 14.5. The zero-order valence-corrected chi connectivity index (χ0v) is 23.9. The van der Waals surface area contributed by atoms with E-state index in [-0.39, 0.29) is 75.3 Å². The van der Waals surface area contributed by atoms with Crippen LogP contribution in [0.15, 0.2) is 24.3 Å². The highest BCUT2D eigenvalue weighted by molar-refractivity contribution is 6.04. The number of likely N-dealkylation sites (tertiary alicyclic amines) is 1. The lowest BCUT2D eigenvalue weighted by molar-refractivity contribution is 0.188. The minimum absolute atomic E-state index is 0.0627. The molecule has 0 unspecified atom stereocenters. The Kier molecular flexibility index (Phi) is 6.95. The predicted molar refractivity (Wildman–Crippen MR) is 161 cm³/mol. The summed E-state index contributed by atoms with van der Waals surface area (Å²) in [6, 6.07) is 5.51. The van der Waals surface area contributed by atoms with Gasteiger partial charge in [0.05, 0.1) is 10.9 Å². The molecule has 2 aromatic carbocycles. The number of alkyl halides is 1. The summed E-state index contributed by atoms with van der Waals surface area (Å²) >= 11 is 0. The number of terminal acetylenes is 2. The number of aromatic nitrogens is 3. The number of likely N-dealkylation sites (N-methyl/N-ethyl adjacent to an activating group) is 1. The van der Waals surface area contributed by atoms with Gasteiger partial charge in [-0.2, -0.15) is 9.97 Å². The molecule has 0 spiro atoms. The van der Waals surface area contributed by atoms with E-state index in [1.165, 1.54) is 24.3 Å². The molecule has 3 fully saturated rings. The molecule has 4 atom stereocenters. The fourth-order valence-electron chi connectivity index (χ4n) is 6.81. The van der Waals surface area contributed by atoms with Gasteiger partial charge in [0.1, 0.15) is 47.1 Å². The van der Waals surface area contributed by atoms with Crippen LogP contribution in [0.1, 0.15) is 30.5 Å². The van der Waals surface area contributed by atoms with Crippen molar-refractivity contribution in [2.75, 3.05) is 38.2 Å². The Labute approximate surface area is 252 Å². The highest BCUT2D eigenvalue weighted by atomic mass is 19.1. The summed E-state index contributed by atoms with van der Waals surface area (Å²) in [5.74, 6) is 3.58. The number of hydrogen-bond donors (Lipinski definition) is 2. The second-order valence-corrected chi connectivity index (χ2v) is 11.8. The maximum absolute atomic E-state index is 16.8. The van der Waals surface area contributed by atoms with Gasteiger partial charge in [-0.1, -0.05) is 12.0 Å². The number of piperazine rings is 1. The molecule has 3 aliphatic heterocycles. The minimum atomic E-state index is -0.961. The van der Waals surface area contributed by atoms with Crippen LogP contribution in [0.2, 0.25) is 0 Å². The number of phenolic OH excluding ortho intramolecular Hbond substituents is 1. The maximum atomic E-state index is 16.8. The van der Waals surface area contributed by atoms with Crippen molar-refractivity contribution in [3.63, 3.8) is 0 Å². The summed E-state index contributed by atoms with van der Waals surface area (Å²) in [4.78, 5) is 17.6. The van der Waals surface area contributed by atoms with Crippen LogP contribution < -0.4 is 15.0 Å². The Morgan fingerprint density at radius 3 is 2.50 bits per heavy atom. The molecule has 224 valence electrons. The van der Waals surface area contributed by atoms with E-state index >= 15 is 4.39 Å². The van der Waals surface area contributed by atoms with Crippen molar-refractivity contribution >= 4 is 27.5 Å². The van der Waals surface area contributed by atoms with Gasteiger partial charge in [-0.15, -0.1) is 12.8 Å². The van der Waals surface area contributed by atoms with Crippen LogP contribution in [-0.4, -0.2) is 82.5 Å². The van der Waals surface area contributed by atoms with Crippen LogP contribution in [0.5, 0.6) is 11.8 Å². The number of halogens is 3. The number of benzene rings is 2. The molecule has 8 nitrogen and oxygen atoms in total. The van der Waals surface area contributed by atoms with Crippen molar-refractivity contribution in [1.29, 1.82) is 0 Å². The fourth-order valence-corrected chi connectivity index (χ4v) is 6.81. The van der Waals surface area contributed by atoms with Gasteiger partial charge < -0.3 is 20.1 Å². The van der Waals surface area contributed by atoms with Crippen molar-refractivity contribution in [3.05, 3.63) is 47.2 Å². The molecule has 4 aromatic rings. The number of nitrogens with zero attached hydrogens (tertiary/aromatic N) is 5. The quantitative estimate of drug-likeness (QED) is 0.332. The summed E-state index contributed by atoms with van der Waals surface area (Å²) < 4.78 is 51.7. The number of aromatic hydroxyl groups is 1. The van der Waals surface area contributed by atoms with E-state index in [2.05, 4.69) is 27.1 Å². The molecule has 3 saturated heterocycles. The lowest BCUT2D eigenvalue weighted by Gasteiger charge is -2.34. The van der Waals surface area contributed by atoms with Crippen LogP contribution in [0.4, 0.5) is 19.0 Å². The Bertz CT molecular complexity index is 1890. The number of fused-ring (bicyclic) bond motifs is 4. The van der Waals surface area contributed by atoms with Gasteiger partial charge in [0.2, 0.25) is 0 Å². The summed E-state index contributed by atoms with van der Waals surface area (Å²) in [5.41, 5.74) is -0.341. The molecule has 11 heteroatoms. The molecule has 2 aromatic heterocycles. The molecule has 0 saturated carbocycles. The largest absolute Gasteiger partial charge is 0.508 e. The molecular formula is C33H29F3N6O2. The SMILES string of the molecule is C#Cc1c(F)ccc2cc(O)cc(-c3nc(C#C)c4c(N5C[C@H]6CC[C@@H](C5)N6)nc(OC[C@@H]5C[C@H](F)CN5C)nc4c3F)c12. The van der Waals surface area contributed by atoms with Gasteiger partial charge in [0, 0.05) is 48.7 Å². The first kappa shape index (κ1) is 28.2. The Balaban J connectivity index is 1.44. The van der Waals surface area contributed by atoms with Gasteiger partial charge in [-0.25, -0.2) is 18.2 Å². The van der Waals surface area contributed by atoms with E-state index in [9.17, 15) is 13.9 Å². The Hall–Kier alpha value is -4.58. The topological polar surface area (TPSA) is 86.6 Å². The minimum Gasteiger partial charge on any atom is -0.508 e. The summed E-state index contributed by atoms with van der Waals surface area (Å²) in [5, 5.41) is 15.0. The zero-order chi connectivity index (χ0) is 30.7. The smallest absolute Gasteiger partial charge is 0.319 e. The van der Waals surface area contributed by atoms with E-state index in [0.29, 0.717) is 37.3 Å². The van der Waals surface area contributed by atoms with Gasteiger partial charge in [0.25, 0.3) is 0 Å². The van der Waals surface area contributed by atoms with Gasteiger partial charge in [-0.05, 0) is 55.8 Å². The number of hydrogen-bond acceptors (Lipinski definition) is 8. The Morgan fingerprint density at radius 2 is 1.82 bits per heavy atom. The van der Waals surface area contributed by atoms with E-state index < -0.39 is 17.8 Å². The van der Waals surface area contributed by atoms with Crippen molar-refractivity contribution < 1.29 is 23.0 Å². The molecule has 2 bridgehead atoms. The number of pyridine rings is 1. The molecule has 0 radical (unpaired) electrons. The van der Waals surface area contributed by atoms with Gasteiger partial charge in [-0.3, -0.25) is 4.90 Å². The normalized spacial score (nSPS) is 23.3. The average Bonchev–Trinajstić information content (AvgIpc) is 3.53. The van der Waals surface area contributed by atoms with Crippen molar-refractivity contribution in [1.82, 2.24) is 25.2 Å². The standard InChI is InChI=1S/C33H29F3N6O2/c1-4-23-25(35)9-6-17-10-22(43)12-24(27(17)23)30-29(36)31-28(26(5-2)38-30)32(42-14-19-7-8-20(15-42)37-19)40-33(39-31)44-16-21-11-18(34)13-41(21)3/h1-2,6,9-10,12,18-21,37,43H,7-8,11,13-16H2,3H3/t18-,19-,20+,21-/m0/s1. The summed E-state index contributed by atoms with van der Waals surface area (Å²) in [6.07, 6.45) is 13.0. The molecule has 44 heavy (non-hydrogen) atoms. The zero-order valence-electron chi connectivity index (χ0n) is 23.9. The van der Waals surface area contributed by atoms with Crippen LogP contribution in [0.25, 0.3) is 32.9 Å². The Morgan fingerprint density at radius 1 is 1.05 bits per heavy atom. The monoisotopic (exact) mass is 598 g/mol. The second-order valence-electron chi connectivity index (χ2n) is 11.8. The van der Waals surface area contributed by atoms with Gasteiger partial charge >= 0.3 is 6.01 Å². The third-order valence-corrected chi connectivity index (χ3v) is 8.89. The molecule has 7 rings (SSSR count). The lowest BCUT2D eigenvalue weighted by atomic mass is 9.95. The summed E-state index contributed by atoms with van der Waals surface area (Å²) in [6.45, 7) is 1.64. The van der Waals surface area contributed by atoms with Crippen LogP contribution >= 0.6 is 0 Å². The second kappa shape index (κ2) is 10.8. The first-order valence-electron chi connectivity index (χ1n) is 14.5. The number of phenols is 1. The van der Waals surface area contributed by atoms with Gasteiger partial charge in [0.15, 0.2) is 5.82 Å². The molecule has 0 aliphatic carbocycles. The molecule has 2 N–H and O–H groups in total. The highest BCUT2D eigenvalue weighted by Gasteiger charge is 2.35. The average molecular weight is 599 g/mol. The molecular weight excluding hydrogens is 569 g/mol. The van der Waals surface area contributed by atoms with Crippen LogP contribution in [0, 0.1) is 36.3 Å². The highest BCUT2D eigenvalue weighted by Crippen LogP contribution is 2.40. The van der Waals surface area contributed by atoms with E-state index in [4.69, 9.17) is 22.6 Å². The van der Waals surface area contributed by atoms with E-state index in [1.54, 1.807) is 0 Å². The summed E-state index contributed by atoms with van der Waals surface area (Å²) in [7, 11) is 1.82. The number of anilines is 1. The van der Waals surface area contributed by atoms with Crippen molar-refractivity contribution in [2.24, 2.45) is 0 Å². The van der Waals surface area contributed by atoms with Crippen LogP contribution in [-0.2, 0) is 0 Å². The molecule has 5 heterocycles. The van der Waals surface area contributed by atoms with E-state index in [0.717, 1.165) is 12.8 Å². The number of rotatable bonds is 5. The number of nitrogens with one attached hydrogen (secondary N) is 1. The lowest BCUT2D eigenvalue weighted by Crippen LogP contribution is -2.51. The fraction of sp³-hybridized carbons (Fsp3) is 0.364. The van der Waals surface area contributed by atoms with Crippen molar-refractivity contribution in [2.45, 2.75) is 43.6 Å². The molecule has 3 aliphatic rings. The maximum Gasteiger partial charge on any atom is 0.319 e. The van der Waals surface area contributed by atoms with Crippen LogP contribution in [0.3, 0.4) is 0 Å². The predicted octanol–water partition coefficient (Wildman–Crippen LogP) is 4.15. The van der Waals surface area contributed by atoms with E-state index in [1.807, 2.05) is 16.8 Å².